The van der Waals surface area contributed by atoms with Crippen LogP contribution in [0.1, 0.15) is 23.2 Å². The van der Waals surface area contributed by atoms with Gasteiger partial charge >= 0.3 is 5.97 Å². The highest BCUT2D eigenvalue weighted by atomic mass is 16.5. The number of aromatic nitrogens is 1. The molecule has 1 saturated heterocycles. The monoisotopic (exact) mass is 322 g/mol. The van der Waals surface area contributed by atoms with Gasteiger partial charge in [-0.15, -0.1) is 0 Å². The molecule has 0 aliphatic carbocycles. The van der Waals surface area contributed by atoms with Gasteiger partial charge in [-0.2, -0.15) is 0 Å². The number of fused-ring (bicyclic) bond motifs is 3. The number of nitrogens with zero attached hydrogens (tertiary/aromatic N) is 2. The molecule has 3 aromatic rings. The summed E-state index contributed by atoms with van der Waals surface area (Å²) in [6.45, 7) is 4.39. The number of ether oxygens (including phenoxy) is 1. The molecule has 24 heavy (non-hydrogen) atoms. The molecule has 1 aliphatic rings. The zero-order valence-corrected chi connectivity index (χ0v) is 14.0. The number of hydrogen-bond donors (Lipinski definition) is 0. The molecule has 0 unspecified atom stereocenters. The molecule has 0 amide bonds. The molecule has 0 atom stereocenters. The molecule has 0 N–H and O–H groups in total. The minimum absolute atomic E-state index is 0.284. The number of hydrogen-bond acceptors (Lipinski definition) is 3. The van der Waals surface area contributed by atoms with Crippen LogP contribution in [0, 0.1) is 0 Å². The number of benzene rings is 2. The van der Waals surface area contributed by atoms with Crippen LogP contribution < -0.4 is 0 Å². The number of esters is 1. The van der Waals surface area contributed by atoms with Gasteiger partial charge in [-0.05, 0) is 44.1 Å². The molecule has 124 valence electrons. The van der Waals surface area contributed by atoms with Crippen molar-refractivity contribution < 1.29 is 9.53 Å². The number of para-hydroxylation sites is 1. The Morgan fingerprint density at radius 2 is 1.75 bits per heavy atom. The first-order valence-corrected chi connectivity index (χ1v) is 8.59. The molecule has 4 heteroatoms. The van der Waals surface area contributed by atoms with Crippen molar-refractivity contribution >= 4 is 27.8 Å². The summed E-state index contributed by atoms with van der Waals surface area (Å²) in [6, 6.07) is 14.3. The van der Waals surface area contributed by atoms with Gasteiger partial charge in [0.25, 0.3) is 0 Å². The van der Waals surface area contributed by atoms with E-state index in [1.165, 1.54) is 49.3 Å². The Labute approximate surface area is 141 Å². The number of likely N-dealkylation sites (tertiary alicyclic amines) is 1. The molecule has 1 aliphatic heterocycles. The molecule has 0 radical (unpaired) electrons. The maximum absolute atomic E-state index is 11.9. The number of carbonyl (C=O) groups excluding carboxylic acids is 1. The molecule has 2 aromatic carbocycles. The fraction of sp³-hybridized carbons (Fsp3) is 0.350. The lowest BCUT2D eigenvalue weighted by Gasteiger charge is -2.16. The van der Waals surface area contributed by atoms with Gasteiger partial charge < -0.3 is 14.2 Å². The first-order chi connectivity index (χ1) is 11.8. The second kappa shape index (κ2) is 6.29. The number of methoxy groups -OCH3 is 1. The summed E-state index contributed by atoms with van der Waals surface area (Å²) in [5, 5.41) is 2.44. The fourth-order valence-electron chi connectivity index (χ4n) is 3.78. The fourth-order valence-corrected chi connectivity index (χ4v) is 3.78. The van der Waals surface area contributed by atoms with Gasteiger partial charge in [0.1, 0.15) is 0 Å². The van der Waals surface area contributed by atoms with Crippen molar-refractivity contribution in [2.24, 2.45) is 0 Å². The van der Waals surface area contributed by atoms with Crippen molar-refractivity contribution in [3.05, 3.63) is 48.0 Å². The normalized spacial score (nSPS) is 15.4. The third kappa shape index (κ3) is 2.57. The largest absolute Gasteiger partial charge is 0.465 e. The zero-order chi connectivity index (χ0) is 16.5. The molecule has 0 spiro atoms. The zero-order valence-electron chi connectivity index (χ0n) is 14.0. The van der Waals surface area contributed by atoms with E-state index in [-0.39, 0.29) is 5.97 Å². The van der Waals surface area contributed by atoms with E-state index in [4.69, 9.17) is 4.74 Å². The van der Waals surface area contributed by atoms with Gasteiger partial charge in [-0.3, -0.25) is 0 Å². The lowest BCUT2D eigenvalue weighted by Crippen LogP contribution is -2.24. The van der Waals surface area contributed by atoms with E-state index in [0.717, 1.165) is 18.6 Å². The van der Waals surface area contributed by atoms with Crippen molar-refractivity contribution in [3.63, 3.8) is 0 Å². The van der Waals surface area contributed by atoms with E-state index in [2.05, 4.69) is 33.7 Å². The van der Waals surface area contributed by atoms with E-state index >= 15 is 0 Å². The smallest absolute Gasteiger partial charge is 0.337 e. The van der Waals surface area contributed by atoms with Crippen LogP contribution in [0.25, 0.3) is 21.8 Å². The van der Waals surface area contributed by atoms with Crippen molar-refractivity contribution in [2.45, 2.75) is 19.4 Å². The lowest BCUT2D eigenvalue weighted by atomic mass is 10.1. The van der Waals surface area contributed by atoms with Crippen LogP contribution in [-0.2, 0) is 11.3 Å². The van der Waals surface area contributed by atoms with Gasteiger partial charge in [0.15, 0.2) is 0 Å². The Morgan fingerprint density at radius 3 is 2.54 bits per heavy atom. The van der Waals surface area contributed by atoms with E-state index in [1.807, 2.05) is 18.2 Å². The summed E-state index contributed by atoms with van der Waals surface area (Å²) >= 11 is 0. The number of rotatable bonds is 4. The van der Waals surface area contributed by atoms with Crippen molar-refractivity contribution in [1.82, 2.24) is 9.47 Å². The Bertz CT molecular complexity index is 891. The van der Waals surface area contributed by atoms with E-state index in [9.17, 15) is 4.79 Å². The predicted octanol–water partition coefficient (Wildman–Crippen LogP) is 3.68. The Kier molecular flexibility index (Phi) is 3.98. The molecule has 4 rings (SSSR count). The molecule has 0 saturated carbocycles. The highest BCUT2D eigenvalue weighted by Crippen LogP contribution is 2.30. The molecule has 0 bridgehead atoms. The van der Waals surface area contributed by atoms with Crippen molar-refractivity contribution in [2.75, 3.05) is 26.7 Å². The van der Waals surface area contributed by atoms with Gasteiger partial charge in [-0.1, -0.05) is 24.3 Å². The maximum Gasteiger partial charge on any atom is 0.337 e. The van der Waals surface area contributed by atoms with Crippen LogP contribution in [0.2, 0.25) is 0 Å². The minimum atomic E-state index is -0.284. The Balaban J connectivity index is 1.81. The summed E-state index contributed by atoms with van der Waals surface area (Å²) in [5.41, 5.74) is 2.95. The standard InChI is InChI=1S/C20H22N2O2/c1-24-20(23)15-8-9-17-16-6-2-3-7-18(16)22(19(17)14-15)13-12-21-10-4-5-11-21/h2-3,6-9,14H,4-5,10-13H2,1H3. The van der Waals surface area contributed by atoms with Crippen LogP contribution >= 0.6 is 0 Å². The van der Waals surface area contributed by atoms with E-state index < -0.39 is 0 Å². The highest BCUT2D eigenvalue weighted by molar-refractivity contribution is 6.09. The van der Waals surface area contributed by atoms with E-state index in [0.29, 0.717) is 5.56 Å². The van der Waals surface area contributed by atoms with Crippen LogP contribution in [0.4, 0.5) is 0 Å². The molecule has 1 fully saturated rings. The summed E-state index contributed by atoms with van der Waals surface area (Å²) in [7, 11) is 1.43. The summed E-state index contributed by atoms with van der Waals surface area (Å²) in [4.78, 5) is 14.4. The first-order valence-electron chi connectivity index (χ1n) is 8.59. The van der Waals surface area contributed by atoms with Gasteiger partial charge in [0.05, 0.1) is 12.7 Å². The molecular weight excluding hydrogens is 300 g/mol. The molecule has 4 nitrogen and oxygen atoms in total. The summed E-state index contributed by atoms with van der Waals surface area (Å²) < 4.78 is 7.23. The summed E-state index contributed by atoms with van der Waals surface area (Å²) in [6.07, 6.45) is 2.61. The van der Waals surface area contributed by atoms with Gasteiger partial charge in [0.2, 0.25) is 0 Å². The van der Waals surface area contributed by atoms with Gasteiger partial charge in [0, 0.05) is 34.9 Å². The van der Waals surface area contributed by atoms with Crippen LogP contribution in [0.15, 0.2) is 42.5 Å². The van der Waals surface area contributed by atoms with Crippen LogP contribution in [-0.4, -0.2) is 42.2 Å². The quantitative estimate of drug-likeness (QED) is 0.687. The van der Waals surface area contributed by atoms with Crippen molar-refractivity contribution in [1.29, 1.82) is 0 Å². The second-order valence-corrected chi connectivity index (χ2v) is 6.44. The Hall–Kier alpha value is -2.33. The second-order valence-electron chi connectivity index (χ2n) is 6.44. The highest BCUT2D eigenvalue weighted by Gasteiger charge is 2.16. The average molecular weight is 322 g/mol. The first kappa shape index (κ1) is 15.2. The Morgan fingerprint density at radius 1 is 1.00 bits per heavy atom. The molecular formula is C20H22N2O2. The van der Waals surface area contributed by atoms with Crippen LogP contribution in [0.3, 0.4) is 0 Å². The van der Waals surface area contributed by atoms with Crippen LogP contribution in [0.5, 0.6) is 0 Å². The van der Waals surface area contributed by atoms with Crippen molar-refractivity contribution in [3.8, 4) is 0 Å². The predicted molar refractivity (Wildman–Crippen MR) is 96.5 cm³/mol. The molecule has 2 heterocycles. The SMILES string of the molecule is COC(=O)c1ccc2c3ccccc3n(CCN3CCCC3)c2c1. The minimum Gasteiger partial charge on any atom is -0.465 e. The van der Waals surface area contributed by atoms with Gasteiger partial charge in [-0.25, -0.2) is 4.79 Å². The topological polar surface area (TPSA) is 34.5 Å². The number of carbonyl (C=O) groups is 1. The molecule has 1 aromatic heterocycles. The maximum atomic E-state index is 11.9. The third-order valence-electron chi connectivity index (χ3n) is 5.03. The lowest BCUT2D eigenvalue weighted by molar-refractivity contribution is 0.0601. The summed E-state index contributed by atoms with van der Waals surface area (Å²) in [5.74, 6) is -0.284. The van der Waals surface area contributed by atoms with E-state index in [1.54, 1.807) is 0 Å². The third-order valence-corrected chi connectivity index (χ3v) is 5.03. The average Bonchev–Trinajstić information content (AvgIpc) is 3.25.